The molecular formula is C19H14N4O4S. The van der Waals surface area contributed by atoms with E-state index in [1.165, 1.54) is 35.7 Å². The van der Waals surface area contributed by atoms with E-state index in [1.807, 2.05) is 6.07 Å². The number of ether oxygens (including phenoxy) is 1. The van der Waals surface area contributed by atoms with Crippen molar-refractivity contribution < 1.29 is 14.5 Å². The first-order valence-corrected chi connectivity index (χ1v) is 8.79. The highest BCUT2D eigenvalue weighted by Crippen LogP contribution is 2.38. The summed E-state index contributed by atoms with van der Waals surface area (Å²) >= 11 is 1.18. The van der Waals surface area contributed by atoms with E-state index in [-0.39, 0.29) is 22.6 Å². The number of nitriles is 1. The van der Waals surface area contributed by atoms with E-state index in [4.69, 9.17) is 10.5 Å². The normalized spacial score (nSPS) is 10.3. The number of methoxy groups -OCH3 is 1. The van der Waals surface area contributed by atoms with Gasteiger partial charge in [-0.2, -0.15) is 5.26 Å². The fourth-order valence-electron chi connectivity index (χ4n) is 2.66. The van der Waals surface area contributed by atoms with Crippen molar-refractivity contribution >= 4 is 29.1 Å². The molecule has 140 valence electrons. The van der Waals surface area contributed by atoms with Crippen LogP contribution in [0.25, 0.3) is 5.69 Å². The topological polar surface area (TPSA) is 124 Å². The summed E-state index contributed by atoms with van der Waals surface area (Å²) in [7, 11) is 1.22. The maximum Gasteiger partial charge on any atom is 0.357 e. The Bertz CT molecular complexity index is 1120. The van der Waals surface area contributed by atoms with Crippen molar-refractivity contribution in [3.8, 4) is 11.8 Å². The Morgan fingerprint density at radius 3 is 2.50 bits per heavy atom. The van der Waals surface area contributed by atoms with Crippen LogP contribution >= 0.6 is 11.8 Å². The molecule has 3 rings (SSSR count). The second-order valence-corrected chi connectivity index (χ2v) is 6.66. The number of para-hydroxylation sites is 2. The molecule has 2 aromatic carbocycles. The lowest BCUT2D eigenvalue weighted by atomic mass is 10.2. The molecule has 0 saturated heterocycles. The van der Waals surface area contributed by atoms with Gasteiger partial charge in [0.1, 0.15) is 6.07 Å². The van der Waals surface area contributed by atoms with Crippen LogP contribution in [0.1, 0.15) is 16.1 Å². The number of benzene rings is 2. The minimum absolute atomic E-state index is 0.0137. The van der Waals surface area contributed by atoms with Crippen molar-refractivity contribution in [1.29, 1.82) is 5.26 Å². The Balaban J connectivity index is 2.17. The van der Waals surface area contributed by atoms with E-state index >= 15 is 0 Å². The predicted molar refractivity (Wildman–Crippen MR) is 103 cm³/mol. The highest BCUT2D eigenvalue weighted by Gasteiger charge is 2.23. The van der Waals surface area contributed by atoms with Crippen LogP contribution in [0.3, 0.4) is 0 Å². The van der Waals surface area contributed by atoms with E-state index in [0.29, 0.717) is 15.5 Å². The van der Waals surface area contributed by atoms with Crippen LogP contribution in [-0.2, 0) is 4.74 Å². The second kappa shape index (κ2) is 7.85. The number of anilines is 1. The SMILES string of the molecule is COC(=O)c1c(N)c(C#N)cn1-c1ccccc1Sc1ccccc1[N+](=O)[O-]. The summed E-state index contributed by atoms with van der Waals surface area (Å²) < 4.78 is 6.27. The molecule has 0 spiro atoms. The van der Waals surface area contributed by atoms with Gasteiger partial charge >= 0.3 is 5.97 Å². The lowest BCUT2D eigenvalue weighted by Gasteiger charge is -2.13. The number of nitrogens with two attached hydrogens (primary N) is 1. The molecule has 0 unspecified atom stereocenters. The zero-order valence-electron chi connectivity index (χ0n) is 14.7. The number of hydrogen-bond acceptors (Lipinski definition) is 7. The summed E-state index contributed by atoms with van der Waals surface area (Å²) in [6.45, 7) is 0. The van der Waals surface area contributed by atoms with Gasteiger partial charge in [0.05, 0.1) is 33.9 Å². The van der Waals surface area contributed by atoms with E-state index in [9.17, 15) is 20.2 Å². The Morgan fingerprint density at radius 2 is 1.86 bits per heavy atom. The van der Waals surface area contributed by atoms with Gasteiger partial charge < -0.3 is 15.0 Å². The number of nitrogen functional groups attached to an aromatic ring is 1. The number of hydrogen-bond donors (Lipinski definition) is 1. The molecule has 28 heavy (non-hydrogen) atoms. The van der Waals surface area contributed by atoms with Gasteiger partial charge in [0.25, 0.3) is 5.69 Å². The average Bonchev–Trinajstić information content (AvgIpc) is 3.04. The fraction of sp³-hybridized carbons (Fsp3) is 0.0526. The maximum absolute atomic E-state index is 12.2. The van der Waals surface area contributed by atoms with Crippen molar-refractivity contribution in [2.24, 2.45) is 0 Å². The molecule has 0 aliphatic carbocycles. The van der Waals surface area contributed by atoms with Gasteiger partial charge in [-0.25, -0.2) is 4.79 Å². The number of carbonyl (C=O) groups is 1. The molecule has 2 N–H and O–H groups in total. The number of nitro groups is 1. The molecule has 0 aliphatic rings. The molecule has 0 amide bonds. The molecule has 0 atom stereocenters. The quantitative estimate of drug-likeness (QED) is 0.397. The Kier molecular flexibility index (Phi) is 5.33. The molecule has 0 saturated carbocycles. The first-order chi connectivity index (χ1) is 13.5. The van der Waals surface area contributed by atoms with Gasteiger partial charge in [-0.1, -0.05) is 36.0 Å². The molecule has 1 aromatic heterocycles. The van der Waals surface area contributed by atoms with Crippen LogP contribution in [-0.4, -0.2) is 22.6 Å². The van der Waals surface area contributed by atoms with E-state index < -0.39 is 10.9 Å². The largest absolute Gasteiger partial charge is 0.464 e. The summed E-state index contributed by atoms with van der Waals surface area (Å²) in [6, 6.07) is 15.3. The molecule has 9 heteroatoms. The van der Waals surface area contributed by atoms with Gasteiger partial charge in [-0.15, -0.1) is 0 Å². The van der Waals surface area contributed by atoms with Gasteiger partial charge in [0.15, 0.2) is 5.69 Å². The van der Waals surface area contributed by atoms with E-state index in [1.54, 1.807) is 42.5 Å². The van der Waals surface area contributed by atoms with E-state index in [2.05, 4.69) is 0 Å². The highest BCUT2D eigenvalue weighted by molar-refractivity contribution is 7.99. The van der Waals surface area contributed by atoms with Crippen LogP contribution in [0.2, 0.25) is 0 Å². The highest BCUT2D eigenvalue weighted by atomic mass is 32.2. The molecule has 1 heterocycles. The summed E-state index contributed by atoms with van der Waals surface area (Å²) in [5.41, 5.74) is 6.64. The zero-order chi connectivity index (χ0) is 20.3. The molecule has 0 aliphatic heterocycles. The zero-order valence-corrected chi connectivity index (χ0v) is 15.5. The molecule has 0 bridgehead atoms. The van der Waals surface area contributed by atoms with Gasteiger partial charge in [-0.3, -0.25) is 10.1 Å². The Hall–Kier alpha value is -3.77. The van der Waals surface area contributed by atoms with Gasteiger partial charge in [0, 0.05) is 17.2 Å². The summed E-state index contributed by atoms with van der Waals surface area (Å²) in [5, 5.41) is 20.6. The lowest BCUT2D eigenvalue weighted by molar-refractivity contribution is -0.387. The molecule has 8 nitrogen and oxygen atoms in total. The Labute approximate surface area is 164 Å². The number of carbonyl (C=O) groups excluding carboxylic acids is 1. The van der Waals surface area contributed by atoms with Crippen LogP contribution in [0.5, 0.6) is 0 Å². The lowest BCUT2D eigenvalue weighted by Crippen LogP contribution is -2.11. The van der Waals surface area contributed by atoms with Crippen molar-refractivity contribution in [2.75, 3.05) is 12.8 Å². The molecule has 3 aromatic rings. The smallest absolute Gasteiger partial charge is 0.357 e. The third kappa shape index (κ3) is 3.41. The number of nitrogens with zero attached hydrogens (tertiary/aromatic N) is 3. The number of esters is 1. The predicted octanol–water partition coefficient (Wildman–Crippen LogP) is 3.78. The average molecular weight is 394 g/mol. The third-order valence-corrected chi connectivity index (χ3v) is 5.08. The first kappa shape index (κ1) is 19.0. The summed E-state index contributed by atoms with van der Waals surface area (Å²) in [6.07, 6.45) is 1.44. The second-order valence-electron chi connectivity index (χ2n) is 5.57. The number of rotatable bonds is 5. The van der Waals surface area contributed by atoms with Crippen LogP contribution in [0.15, 0.2) is 64.5 Å². The standard InChI is InChI=1S/C19H14N4O4S/c1-27-19(24)18-17(21)12(10-20)11-22(18)13-6-2-4-8-15(13)28-16-9-5-3-7-14(16)23(25)26/h2-9,11H,21H2,1H3. The van der Waals surface area contributed by atoms with Gasteiger partial charge in [0.2, 0.25) is 0 Å². The minimum Gasteiger partial charge on any atom is -0.464 e. The molecule has 0 radical (unpaired) electrons. The Morgan fingerprint density at radius 1 is 1.21 bits per heavy atom. The van der Waals surface area contributed by atoms with Gasteiger partial charge in [-0.05, 0) is 18.2 Å². The summed E-state index contributed by atoms with van der Waals surface area (Å²) in [4.78, 5) is 24.2. The van der Waals surface area contributed by atoms with E-state index in [0.717, 1.165) is 0 Å². The van der Waals surface area contributed by atoms with Crippen molar-refractivity contribution in [3.05, 3.63) is 76.1 Å². The van der Waals surface area contributed by atoms with Crippen LogP contribution in [0, 0.1) is 21.4 Å². The number of aromatic nitrogens is 1. The van der Waals surface area contributed by atoms with Crippen LogP contribution < -0.4 is 5.73 Å². The first-order valence-electron chi connectivity index (χ1n) is 7.97. The molecular weight excluding hydrogens is 380 g/mol. The monoisotopic (exact) mass is 394 g/mol. The third-order valence-electron chi connectivity index (χ3n) is 3.95. The van der Waals surface area contributed by atoms with Crippen LogP contribution in [0.4, 0.5) is 11.4 Å². The fourth-order valence-corrected chi connectivity index (χ4v) is 3.71. The maximum atomic E-state index is 12.2. The van der Waals surface area contributed by atoms with Crippen molar-refractivity contribution in [1.82, 2.24) is 4.57 Å². The summed E-state index contributed by atoms with van der Waals surface area (Å²) in [5.74, 6) is -0.690. The number of nitro benzene ring substituents is 1. The van der Waals surface area contributed by atoms with Crippen molar-refractivity contribution in [3.63, 3.8) is 0 Å². The minimum atomic E-state index is -0.690. The molecule has 0 fully saturated rings. The van der Waals surface area contributed by atoms with Crippen molar-refractivity contribution in [2.45, 2.75) is 9.79 Å².